The van der Waals surface area contributed by atoms with Gasteiger partial charge in [-0.15, -0.1) is 0 Å². The second-order valence-corrected chi connectivity index (χ2v) is 7.57. The van der Waals surface area contributed by atoms with Gasteiger partial charge in [0.1, 0.15) is 23.5 Å². The van der Waals surface area contributed by atoms with Gasteiger partial charge in [-0.3, -0.25) is 0 Å². The second kappa shape index (κ2) is 7.72. The largest absolute Gasteiger partial charge is 0.487 e. The van der Waals surface area contributed by atoms with E-state index in [0.29, 0.717) is 11.8 Å². The summed E-state index contributed by atoms with van der Waals surface area (Å²) in [6.07, 6.45) is 0.690. The summed E-state index contributed by atoms with van der Waals surface area (Å²) in [4.78, 5) is 10.3. The molecule has 0 heterocycles. The molecule has 7 heteroatoms. The Bertz CT molecular complexity index is 778. The van der Waals surface area contributed by atoms with Crippen molar-refractivity contribution in [2.45, 2.75) is 16.3 Å². The molecule has 1 N–H and O–H groups in total. The van der Waals surface area contributed by atoms with Crippen molar-refractivity contribution in [3.05, 3.63) is 59.7 Å². The SMILES string of the molecule is CNS(=O)(=O)c1cc(C(Br)C=O)ccc1OCc1ccccc1. The van der Waals surface area contributed by atoms with Gasteiger partial charge in [0.15, 0.2) is 0 Å². The van der Waals surface area contributed by atoms with E-state index in [9.17, 15) is 13.2 Å². The number of nitrogens with one attached hydrogen (secondary N) is 1. The smallest absolute Gasteiger partial charge is 0.244 e. The summed E-state index contributed by atoms with van der Waals surface area (Å²) in [5, 5.41) is 0. The number of hydrogen-bond acceptors (Lipinski definition) is 4. The van der Waals surface area contributed by atoms with Crippen LogP contribution in [0.2, 0.25) is 0 Å². The molecule has 0 aliphatic rings. The molecule has 0 aliphatic carbocycles. The fourth-order valence-corrected chi connectivity index (χ4v) is 3.14. The Labute approximate surface area is 143 Å². The Kier molecular flexibility index (Phi) is 5.92. The van der Waals surface area contributed by atoms with Crippen LogP contribution >= 0.6 is 15.9 Å². The predicted molar refractivity (Wildman–Crippen MR) is 91.2 cm³/mol. The van der Waals surface area contributed by atoms with Gasteiger partial charge in [0.2, 0.25) is 10.0 Å². The molecule has 122 valence electrons. The Morgan fingerprint density at radius 3 is 2.52 bits per heavy atom. The average molecular weight is 398 g/mol. The number of carbonyl (C=O) groups excluding carboxylic acids is 1. The van der Waals surface area contributed by atoms with Gasteiger partial charge in [-0.2, -0.15) is 0 Å². The highest BCUT2D eigenvalue weighted by atomic mass is 79.9. The van der Waals surface area contributed by atoms with Crippen LogP contribution in [0.15, 0.2) is 53.4 Å². The molecule has 0 aliphatic heterocycles. The molecule has 0 spiro atoms. The van der Waals surface area contributed by atoms with Crippen molar-refractivity contribution in [3.8, 4) is 5.75 Å². The molecule has 0 saturated carbocycles. The second-order valence-electron chi connectivity index (χ2n) is 4.73. The van der Waals surface area contributed by atoms with Gasteiger partial charge in [0.05, 0.1) is 4.83 Å². The maximum absolute atomic E-state index is 12.2. The van der Waals surface area contributed by atoms with Crippen molar-refractivity contribution in [3.63, 3.8) is 0 Å². The molecular formula is C16H16BrNO4S. The summed E-state index contributed by atoms with van der Waals surface area (Å²) in [6.45, 7) is 0.248. The van der Waals surface area contributed by atoms with E-state index >= 15 is 0 Å². The summed E-state index contributed by atoms with van der Waals surface area (Å²) in [5.41, 5.74) is 1.47. The predicted octanol–water partition coefficient (Wildman–Crippen LogP) is 2.81. The highest BCUT2D eigenvalue weighted by Crippen LogP contribution is 2.30. The van der Waals surface area contributed by atoms with Crippen molar-refractivity contribution < 1.29 is 17.9 Å². The van der Waals surface area contributed by atoms with Gasteiger partial charge in [-0.1, -0.05) is 52.3 Å². The molecule has 0 radical (unpaired) electrons. The summed E-state index contributed by atoms with van der Waals surface area (Å²) in [7, 11) is -2.38. The van der Waals surface area contributed by atoms with Crippen LogP contribution < -0.4 is 9.46 Å². The molecule has 0 bridgehead atoms. The third kappa shape index (κ3) is 4.40. The molecule has 5 nitrogen and oxygen atoms in total. The Morgan fingerprint density at radius 1 is 1.22 bits per heavy atom. The van der Waals surface area contributed by atoms with Crippen LogP contribution in [0.25, 0.3) is 0 Å². The van der Waals surface area contributed by atoms with Gasteiger partial charge in [0.25, 0.3) is 0 Å². The number of alkyl halides is 1. The number of halogens is 1. The van der Waals surface area contributed by atoms with Gasteiger partial charge in [-0.05, 0) is 30.3 Å². The number of hydrogen-bond donors (Lipinski definition) is 1. The normalized spacial score (nSPS) is 12.6. The zero-order valence-electron chi connectivity index (χ0n) is 12.4. The van der Waals surface area contributed by atoms with Crippen LogP contribution in [0, 0.1) is 0 Å². The molecule has 1 atom stereocenters. The number of carbonyl (C=O) groups is 1. The van der Waals surface area contributed by atoms with Crippen molar-refractivity contribution in [1.82, 2.24) is 4.72 Å². The molecular weight excluding hydrogens is 382 g/mol. The first-order valence-corrected chi connectivity index (χ1v) is 9.21. The molecule has 0 saturated heterocycles. The molecule has 0 amide bonds. The third-order valence-corrected chi connectivity index (χ3v) is 5.38. The van der Waals surface area contributed by atoms with Crippen LogP contribution in [0.1, 0.15) is 16.0 Å². The van der Waals surface area contributed by atoms with Gasteiger partial charge < -0.3 is 9.53 Å². The van der Waals surface area contributed by atoms with E-state index in [-0.39, 0.29) is 17.3 Å². The lowest BCUT2D eigenvalue weighted by atomic mass is 10.1. The number of ether oxygens (including phenoxy) is 1. The van der Waals surface area contributed by atoms with E-state index in [1.54, 1.807) is 12.1 Å². The maximum Gasteiger partial charge on any atom is 0.244 e. The van der Waals surface area contributed by atoms with Crippen LogP contribution in [-0.4, -0.2) is 21.8 Å². The molecule has 1 unspecified atom stereocenters. The highest BCUT2D eigenvalue weighted by Gasteiger charge is 2.20. The van der Waals surface area contributed by atoms with Crippen molar-refractivity contribution >= 4 is 32.2 Å². The number of sulfonamides is 1. The number of rotatable bonds is 7. The van der Waals surface area contributed by atoms with Crippen molar-refractivity contribution in [2.24, 2.45) is 0 Å². The van der Waals surface area contributed by atoms with Crippen molar-refractivity contribution in [1.29, 1.82) is 0 Å². The Morgan fingerprint density at radius 2 is 1.91 bits per heavy atom. The quantitative estimate of drug-likeness (QED) is 0.575. The minimum Gasteiger partial charge on any atom is -0.487 e. The number of benzene rings is 2. The molecule has 0 fully saturated rings. The van der Waals surface area contributed by atoms with E-state index in [1.165, 1.54) is 13.1 Å². The fraction of sp³-hybridized carbons (Fsp3) is 0.188. The van der Waals surface area contributed by atoms with E-state index in [1.807, 2.05) is 30.3 Å². The van der Waals surface area contributed by atoms with Crippen LogP contribution in [0.5, 0.6) is 5.75 Å². The maximum atomic E-state index is 12.2. The Hall–Kier alpha value is -1.70. The lowest BCUT2D eigenvalue weighted by Gasteiger charge is -2.14. The number of aldehydes is 1. The zero-order chi connectivity index (χ0) is 16.9. The summed E-state index contributed by atoms with van der Waals surface area (Å²) in [6, 6.07) is 14.1. The molecule has 2 rings (SSSR count). The summed E-state index contributed by atoms with van der Waals surface area (Å²) >= 11 is 3.18. The van der Waals surface area contributed by atoms with Crippen LogP contribution in [-0.2, 0) is 21.4 Å². The lowest BCUT2D eigenvalue weighted by molar-refractivity contribution is -0.107. The topological polar surface area (TPSA) is 72.5 Å². The van der Waals surface area contributed by atoms with Gasteiger partial charge >= 0.3 is 0 Å². The van der Waals surface area contributed by atoms with Gasteiger partial charge in [0, 0.05) is 0 Å². The molecule has 2 aromatic carbocycles. The van der Waals surface area contributed by atoms with E-state index in [2.05, 4.69) is 20.7 Å². The van der Waals surface area contributed by atoms with Crippen LogP contribution in [0.3, 0.4) is 0 Å². The summed E-state index contributed by atoms with van der Waals surface area (Å²) < 4.78 is 32.3. The Balaban J connectivity index is 2.36. The van der Waals surface area contributed by atoms with Crippen molar-refractivity contribution in [2.75, 3.05) is 7.05 Å². The average Bonchev–Trinajstić information content (AvgIpc) is 2.60. The summed E-state index contributed by atoms with van der Waals surface area (Å²) in [5.74, 6) is 0.234. The van der Waals surface area contributed by atoms with E-state index < -0.39 is 14.9 Å². The minimum absolute atomic E-state index is 0.000249. The minimum atomic E-state index is -3.71. The van der Waals surface area contributed by atoms with Gasteiger partial charge in [-0.25, -0.2) is 13.1 Å². The first-order chi connectivity index (χ1) is 11.0. The highest BCUT2D eigenvalue weighted by molar-refractivity contribution is 9.09. The molecule has 2 aromatic rings. The standard InChI is InChI=1S/C16H16BrNO4S/c1-18-23(20,21)16-9-13(14(17)10-19)7-8-15(16)22-11-12-5-3-2-4-6-12/h2-10,14,18H,11H2,1H3. The first kappa shape index (κ1) is 17.7. The van der Waals surface area contributed by atoms with Crippen LogP contribution in [0.4, 0.5) is 0 Å². The zero-order valence-corrected chi connectivity index (χ0v) is 14.8. The third-order valence-electron chi connectivity index (χ3n) is 3.20. The molecule has 23 heavy (non-hydrogen) atoms. The van der Waals surface area contributed by atoms with E-state index in [0.717, 1.165) is 5.56 Å². The van der Waals surface area contributed by atoms with E-state index in [4.69, 9.17) is 4.74 Å². The fourth-order valence-electron chi connectivity index (χ4n) is 1.95. The monoisotopic (exact) mass is 397 g/mol. The first-order valence-electron chi connectivity index (χ1n) is 6.81. The molecule has 0 aromatic heterocycles. The lowest BCUT2D eigenvalue weighted by Crippen LogP contribution is -2.20.